The molecule has 2 aromatic rings. The zero-order valence-electron chi connectivity index (χ0n) is 20.0. The molecule has 2 aromatic carbocycles. The second kappa shape index (κ2) is 11.9. The third kappa shape index (κ3) is 6.99. The van der Waals surface area contributed by atoms with Gasteiger partial charge in [0.05, 0.1) is 31.5 Å². The maximum atomic E-state index is 12.8. The number of hydrogen-bond acceptors (Lipinski definition) is 4. The number of ketones is 1. The first-order valence-corrected chi connectivity index (χ1v) is 12.6. The normalized spacial score (nSPS) is 27.9. The van der Waals surface area contributed by atoms with Gasteiger partial charge >= 0.3 is 0 Å². The highest BCUT2D eigenvalue weighted by molar-refractivity contribution is 5.82. The molecule has 1 aliphatic heterocycles. The molecule has 2 fully saturated rings. The van der Waals surface area contributed by atoms with Crippen LogP contribution in [0.3, 0.4) is 0 Å². The molecule has 4 nitrogen and oxygen atoms in total. The predicted molar refractivity (Wildman–Crippen MR) is 130 cm³/mol. The van der Waals surface area contributed by atoms with Gasteiger partial charge in [-0.05, 0) is 35.8 Å². The van der Waals surface area contributed by atoms with Gasteiger partial charge in [-0.2, -0.15) is 0 Å². The Bertz CT molecular complexity index is 852. The molecular weight excluding hydrogens is 412 g/mol. The lowest BCUT2D eigenvalue weighted by Gasteiger charge is -2.35. The van der Waals surface area contributed by atoms with Crippen molar-refractivity contribution >= 4 is 5.78 Å². The van der Waals surface area contributed by atoms with E-state index in [0.29, 0.717) is 37.9 Å². The number of Topliss-reactive ketones (excluding diaryl/α,β-unsaturated/α-hetero) is 1. The lowest BCUT2D eigenvalue weighted by molar-refractivity contribution is -0.151. The summed E-state index contributed by atoms with van der Waals surface area (Å²) in [7, 11) is 0. The second-order valence-electron chi connectivity index (χ2n) is 9.72. The van der Waals surface area contributed by atoms with Crippen LogP contribution in [0.5, 0.6) is 0 Å². The Morgan fingerprint density at radius 3 is 2.30 bits per heavy atom. The lowest BCUT2D eigenvalue weighted by Crippen LogP contribution is -2.42. The standard InChI is InChI=1S/C29H38O4/c1-3-24-16-26(24)29(32-20-23-12-8-5-9-13-23)18-25-17-27(30)21(2)28(33-25)14-15-31-19-22-10-6-4-7-11-22/h4-13,21,24-26,28-29H,3,14-20H2,1-2H3. The van der Waals surface area contributed by atoms with Gasteiger partial charge in [0.15, 0.2) is 0 Å². The third-order valence-corrected chi connectivity index (χ3v) is 7.30. The summed E-state index contributed by atoms with van der Waals surface area (Å²) in [6, 6.07) is 20.5. The first-order chi connectivity index (χ1) is 16.1. The Balaban J connectivity index is 1.29. The van der Waals surface area contributed by atoms with E-state index in [-0.39, 0.29) is 24.2 Å². The van der Waals surface area contributed by atoms with Gasteiger partial charge in [0.1, 0.15) is 5.78 Å². The summed E-state index contributed by atoms with van der Waals surface area (Å²) < 4.78 is 18.8. The quantitative estimate of drug-likeness (QED) is 0.373. The summed E-state index contributed by atoms with van der Waals surface area (Å²) in [5.41, 5.74) is 2.36. The largest absolute Gasteiger partial charge is 0.377 e. The summed E-state index contributed by atoms with van der Waals surface area (Å²) in [6.07, 6.45) is 4.46. The highest BCUT2D eigenvalue weighted by Gasteiger charge is 2.44. The minimum absolute atomic E-state index is 0.0632. The van der Waals surface area contributed by atoms with Gasteiger partial charge in [-0.25, -0.2) is 0 Å². The molecule has 0 N–H and O–H groups in total. The van der Waals surface area contributed by atoms with Crippen molar-refractivity contribution in [2.24, 2.45) is 17.8 Å². The van der Waals surface area contributed by atoms with Crippen molar-refractivity contribution in [2.45, 2.75) is 77.5 Å². The van der Waals surface area contributed by atoms with Crippen LogP contribution in [0, 0.1) is 17.8 Å². The van der Waals surface area contributed by atoms with Crippen LogP contribution in [-0.4, -0.2) is 30.7 Å². The van der Waals surface area contributed by atoms with Crippen LogP contribution in [0.4, 0.5) is 0 Å². The fraction of sp³-hybridized carbons (Fsp3) is 0.552. The molecule has 0 aromatic heterocycles. The molecular formula is C29H38O4. The van der Waals surface area contributed by atoms with E-state index in [4.69, 9.17) is 14.2 Å². The molecule has 1 heterocycles. The number of carbonyl (C=O) groups is 1. The molecule has 0 radical (unpaired) electrons. The Morgan fingerprint density at radius 1 is 1.00 bits per heavy atom. The molecule has 4 rings (SSSR count). The van der Waals surface area contributed by atoms with Gasteiger partial charge in [0.25, 0.3) is 0 Å². The van der Waals surface area contributed by atoms with Gasteiger partial charge in [-0.3, -0.25) is 4.79 Å². The van der Waals surface area contributed by atoms with Crippen LogP contribution >= 0.6 is 0 Å². The van der Waals surface area contributed by atoms with E-state index < -0.39 is 0 Å². The number of hydrogen-bond donors (Lipinski definition) is 0. The molecule has 4 heteroatoms. The van der Waals surface area contributed by atoms with E-state index >= 15 is 0 Å². The Labute approximate surface area is 198 Å². The number of rotatable bonds is 12. The SMILES string of the molecule is CCC1CC1C(CC1CC(=O)C(C)C(CCOCc2ccccc2)O1)OCc1ccccc1. The zero-order chi connectivity index (χ0) is 23.0. The average Bonchev–Trinajstić information content (AvgIpc) is 3.63. The molecule has 0 spiro atoms. The lowest BCUT2D eigenvalue weighted by atomic mass is 9.88. The maximum Gasteiger partial charge on any atom is 0.140 e. The summed E-state index contributed by atoms with van der Waals surface area (Å²) in [5, 5.41) is 0. The average molecular weight is 451 g/mol. The topological polar surface area (TPSA) is 44.8 Å². The van der Waals surface area contributed by atoms with E-state index in [1.165, 1.54) is 18.4 Å². The first-order valence-electron chi connectivity index (χ1n) is 12.6. The fourth-order valence-electron chi connectivity index (χ4n) is 5.05. The minimum atomic E-state index is -0.0806. The van der Waals surface area contributed by atoms with Crippen molar-refractivity contribution in [1.29, 1.82) is 0 Å². The molecule has 0 bridgehead atoms. The number of ether oxygens (including phenoxy) is 3. The molecule has 6 atom stereocenters. The Hall–Kier alpha value is -2.01. The molecule has 33 heavy (non-hydrogen) atoms. The second-order valence-corrected chi connectivity index (χ2v) is 9.72. The van der Waals surface area contributed by atoms with Crippen LogP contribution in [0.2, 0.25) is 0 Å². The van der Waals surface area contributed by atoms with Crippen molar-refractivity contribution in [2.75, 3.05) is 6.61 Å². The Morgan fingerprint density at radius 2 is 1.67 bits per heavy atom. The van der Waals surface area contributed by atoms with E-state index in [1.54, 1.807) is 0 Å². The molecule has 2 aliphatic rings. The number of carbonyl (C=O) groups excluding carboxylic acids is 1. The third-order valence-electron chi connectivity index (χ3n) is 7.30. The van der Waals surface area contributed by atoms with Gasteiger partial charge in [-0.15, -0.1) is 0 Å². The molecule has 1 saturated carbocycles. The molecule has 178 valence electrons. The number of benzene rings is 2. The van der Waals surface area contributed by atoms with Crippen molar-refractivity contribution in [1.82, 2.24) is 0 Å². The predicted octanol–water partition coefficient (Wildman–Crippen LogP) is 5.98. The van der Waals surface area contributed by atoms with Crippen LogP contribution in [0.25, 0.3) is 0 Å². The zero-order valence-corrected chi connectivity index (χ0v) is 20.0. The van der Waals surface area contributed by atoms with Crippen molar-refractivity contribution in [3.63, 3.8) is 0 Å². The van der Waals surface area contributed by atoms with Gasteiger partial charge in [0.2, 0.25) is 0 Å². The summed E-state index contributed by atoms with van der Waals surface area (Å²) in [5.74, 6) is 1.56. The fourth-order valence-corrected chi connectivity index (χ4v) is 5.05. The first kappa shape index (κ1) is 24.1. The summed E-state index contributed by atoms with van der Waals surface area (Å²) >= 11 is 0. The molecule has 1 saturated heterocycles. The van der Waals surface area contributed by atoms with E-state index in [1.807, 2.05) is 31.2 Å². The van der Waals surface area contributed by atoms with Crippen LogP contribution < -0.4 is 0 Å². The maximum absolute atomic E-state index is 12.8. The molecule has 6 unspecified atom stereocenters. The van der Waals surface area contributed by atoms with Gasteiger partial charge in [-0.1, -0.05) is 80.9 Å². The summed E-state index contributed by atoms with van der Waals surface area (Å²) in [6.45, 7) is 6.06. The van der Waals surface area contributed by atoms with Crippen LogP contribution in [0.15, 0.2) is 60.7 Å². The van der Waals surface area contributed by atoms with E-state index in [2.05, 4.69) is 43.3 Å². The van der Waals surface area contributed by atoms with Gasteiger partial charge < -0.3 is 14.2 Å². The van der Waals surface area contributed by atoms with Crippen molar-refractivity contribution < 1.29 is 19.0 Å². The van der Waals surface area contributed by atoms with Crippen LogP contribution in [0.1, 0.15) is 57.1 Å². The highest BCUT2D eigenvalue weighted by atomic mass is 16.5. The van der Waals surface area contributed by atoms with Crippen molar-refractivity contribution in [3.05, 3.63) is 71.8 Å². The molecule has 1 aliphatic carbocycles. The van der Waals surface area contributed by atoms with E-state index in [9.17, 15) is 4.79 Å². The monoisotopic (exact) mass is 450 g/mol. The minimum Gasteiger partial charge on any atom is -0.377 e. The van der Waals surface area contributed by atoms with Crippen LogP contribution in [-0.2, 0) is 32.2 Å². The highest BCUT2D eigenvalue weighted by Crippen LogP contribution is 2.46. The smallest absolute Gasteiger partial charge is 0.140 e. The molecule has 0 amide bonds. The van der Waals surface area contributed by atoms with Crippen molar-refractivity contribution in [3.8, 4) is 0 Å². The summed E-state index contributed by atoms with van der Waals surface area (Å²) in [4.78, 5) is 12.8. The van der Waals surface area contributed by atoms with E-state index in [0.717, 1.165) is 24.3 Å². The van der Waals surface area contributed by atoms with Gasteiger partial charge in [0, 0.05) is 25.4 Å². The Kier molecular flexibility index (Phi) is 8.71.